The van der Waals surface area contributed by atoms with Crippen molar-refractivity contribution in [3.05, 3.63) is 270 Å². The number of carbonyl (C=O) groups is 4. The Morgan fingerprint density at radius 2 is 0.765 bits per heavy atom. The second-order valence-corrected chi connectivity index (χ2v) is 24.4. The van der Waals surface area contributed by atoms with Crippen molar-refractivity contribution in [2.24, 2.45) is 0 Å². The van der Waals surface area contributed by atoms with E-state index in [-0.39, 0.29) is 43.1 Å². The van der Waals surface area contributed by atoms with Gasteiger partial charge in [0.15, 0.2) is 0 Å². The average molecular weight is 1190 g/mol. The van der Waals surface area contributed by atoms with E-state index in [2.05, 4.69) is 0 Å². The SMILES string of the molecule is O=C(OCc1ccccc1)C1(C(=O)OCc2ccccc2)C(C=C2C(=S)c3ccccc3C2=S)=Cc2sc3c(c21)C(C(=O)OCc1ccccc1)(C(=O)OCc1ccccc1)c1c-3sc2cc(C=C3C(=S)c4ccccc4C3=S)sc12. The number of hydrogen-bond donors (Lipinski definition) is 0. The lowest BCUT2D eigenvalue weighted by Gasteiger charge is -2.33. The van der Waals surface area contributed by atoms with Crippen molar-refractivity contribution >= 4 is 148 Å². The second kappa shape index (κ2) is 21.2. The maximum absolute atomic E-state index is 16.3. The quantitative estimate of drug-likeness (QED) is 0.0340. The monoisotopic (exact) mass is 1180 g/mol. The summed E-state index contributed by atoms with van der Waals surface area (Å²) < 4.78 is 27.1. The molecule has 0 N–H and O–H groups in total. The summed E-state index contributed by atoms with van der Waals surface area (Å²) in [6.45, 7) is -0.958. The van der Waals surface area contributed by atoms with Gasteiger partial charge in [0.1, 0.15) is 26.4 Å². The van der Waals surface area contributed by atoms with Gasteiger partial charge in [-0.1, -0.05) is 219 Å². The van der Waals surface area contributed by atoms with Crippen LogP contribution in [0.25, 0.3) is 31.3 Å². The van der Waals surface area contributed by atoms with Crippen LogP contribution in [0.15, 0.2) is 199 Å². The standard InChI is InChI=1S/C66H40O8S7/c67-61(71-33-37-17-5-1-6-18-37)65(62(68)72-34-38-19-7-2-8-20-38)41(29-47-54(75)43-25-13-14-26-44(43)55(47)76)30-49-51(65)52-59(80-49)60-53(58-50(81-60)32-42(79-58)31-48-56(77)45-27-15-16-28-46(45)57(48)78)66(52,63(69)73-35-39-21-9-3-10-22-39)64(70)74-36-40-23-11-4-12-24-40/h1-32H,33-36H2. The molecule has 3 aromatic heterocycles. The van der Waals surface area contributed by atoms with Crippen LogP contribution in [-0.4, -0.2) is 43.3 Å². The van der Waals surface area contributed by atoms with E-state index >= 15 is 19.2 Å². The van der Waals surface area contributed by atoms with Crippen LogP contribution < -0.4 is 0 Å². The Morgan fingerprint density at radius 1 is 0.407 bits per heavy atom. The van der Waals surface area contributed by atoms with Crippen molar-refractivity contribution in [2.45, 2.75) is 37.3 Å². The lowest BCUT2D eigenvalue weighted by Crippen LogP contribution is -2.51. The van der Waals surface area contributed by atoms with Crippen LogP contribution in [0.2, 0.25) is 0 Å². The van der Waals surface area contributed by atoms with E-state index in [0.717, 1.165) is 31.8 Å². The minimum absolute atomic E-state index is 0.0287. The Morgan fingerprint density at radius 3 is 1.17 bits per heavy atom. The summed E-state index contributed by atoms with van der Waals surface area (Å²) in [5.41, 5.74) is 2.44. The highest BCUT2D eigenvalue weighted by Gasteiger charge is 2.68. The number of esters is 4. The van der Waals surface area contributed by atoms with Gasteiger partial charge < -0.3 is 18.9 Å². The van der Waals surface area contributed by atoms with Gasteiger partial charge >= 0.3 is 23.9 Å². The van der Waals surface area contributed by atoms with E-state index in [0.29, 0.717) is 77.8 Å². The van der Waals surface area contributed by atoms with Crippen LogP contribution in [0.4, 0.5) is 0 Å². The third-order valence-corrected chi connectivity index (χ3v) is 20.3. The van der Waals surface area contributed by atoms with E-state index in [1.807, 2.05) is 158 Å². The Hall–Kier alpha value is -7.86. The molecule has 0 atom stereocenters. The van der Waals surface area contributed by atoms with Crippen molar-refractivity contribution in [2.75, 3.05) is 0 Å². The number of fused-ring (bicyclic) bond motifs is 9. The third-order valence-electron chi connectivity index (χ3n) is 14.8. The van der Waals surface area contributed by atoms with Crippen molar-refractivity contribution in [3.63, 3.8) is 0 Å². The molecule has 0 amide bonds. The van der Waals surface area contributed by atoms with Crippen LogP contribution in [0.5, 0.6) is 0 Å². The van der Waals surface area contributed by atoms with Gasteiger partial charge in [-0.3, -0.25) is 19.2 Å². The fourth-order valence-corrected chi connectivity index (χ4v) is 16.7. The van der Waals surface area contributed by atoms with Crippen molar-refractivity contribution < 1.29 is 38.1 Å². The Kier molecular flexibility index (Phi) is 13.8. The molecule has 9 aromatic rings. The molecule has 0 spiro atoms. The molecule has 4 aliphatic rings. The summed E-state index contributed by atoms with van der Waals surface area (Å²) in [5.74, 6) is -3.98. The summed E-state index contributed by atoms with van der Waals surface area (Å²) in [6, 6.07) is 53.7. The van der Waals surface area contributed by atoms with Gasteiger partial charge in [0.25, 0.3) is 0 Å². The maximum Gasteiger partial charge on any atom is 0.333 e. The molecule has 3 heterocycles. The Bertz CT molecular complexity index is 4090. The molecule has 81 heavy (non-hydrogen) atoms. The van der Waals surface area contributed by atoms with Gasteiger partial charge in [0.05, 0.1) is 33.9 Å². The Balaban J connectivity index is 1.07. The van der Waals surface area contributed by atoms with Crippen LogP contribution >= 0.6 is 82.9 Å². The number of allylic oxidation sites excluding steroid dienone is 3. The van der Waals surface area contributed by atoms with Crippen LogP contribution in [0.3, 0.4) is 0 Å². The molecule has 0 saturated carbocycles. The Labute approximate surface area is 498 Å². The molecule has 15 heteroatoms. The zero-order valence-electron chi connectivity index (χ0n) is 42.4. The fraction of sp³-hybridized carbons (Fsp3) is 0.0909. The molecule has 0 fully saturated rings. The summed E-state index contributed by atoms with van der Waals surface area (Å²) in [4.78, 5) is 69.4. The lowest BCUT2D eigenvalue weighted by molar-refractivity contribution is -0.167. The molecule has 13 rings (SSSR count). The molecule has 0 bridgehead atoms. The normalized spacial score (nSPS) is 14.9. The first kappa shape index (κ1) is 52.5. The van der Waals surface area contributed by atoms with Gasteiger partial charge in [0.2, 0.25) is 10.8 Å². The molecule has 0 radical (unpaired) electrons. The van der Waals surface area contributed by atoms with Crippen molar-refractivity contribution in [1.82, 2.24) is 0 Å². The van der Waals surface area contributed by atoms with Gasteiger partial charge in [-0.15, -0.1) is 34.0 Å². The molecular formula is C66H40O8S7. The molecule has 0 aliphatic heterocycles. The maximum atomic E-state index is 16.3. The van der Waals surface area contributed by atoms with Crippen LogP contribution in [-0.2, 0) is 75.4 Å². The second-order valence-electron chi connectivity index (χ2n) is 19.6. The number of carbonyl (C=O) groups excluding carboxylic acids is 4. The van der Waals surface area contributed by atoms with Gasteiger partial charge in [0, 0.05) is 64.5 Å². The van der Waals surface area contributed by atoms with Gasteiger partial charge in [-0.05, 0) is 52.1 Å². The van der Waals surface area contributed by atoms with E-state index in [1.165, 1.54) is 34.0 Å². The highest BCUT2D eigenvalue weighted by Crippen LogP contribution is 2.66. The van der Waals surface area contributed by atoms with Crippen LogP contribution in [0.1, 0.15) is 71.0 Å². The molecule has 0 saturated heterocycles. The molecule has 8 nitrogen and oxygen atoms in total. The highest BCUT2D eigenvalue weighted by atomic mass is 32.1. The minimum Gasteiger partial charge on any atom is -0.459 e. The van der Waals surface area contributed by atoms with Gasteiger partial charge in [-0.2, -0.15) is 0 Å². The van der Waals surface area contributed by atoms with Crippen molar-refractivity contribution in [3.8, 4) is 9.75 Å². The first-order chi connectivity index (χ1) is 39.5. The minimum atomic E-state index is -2.53. The summed E-state index contributed by atoms with van der Waals surface area (Å²) in [6.07, 6.45) is 5.35. The number of ether oxygens (including phenoxy) is 4. The zero-order valence-corrected chi connectivity index (χ0v) is 48.1. The number of thiocarbonyl (C=S) groups is 4. The predicted molar refractivity (Wildman–Crippen MR) is 334 cm³/mol. The third kappa shape index (κ3) is 8.69. The number of thiophene rings is 3. The lowest BCUT2D eigenvalue weighted by atomic mass is 9.69. The molecule has 6 aromatic carbocycles. The number of rotatable bonds is 14. The van der Waals surface area contributed by atoms with Gasteiger partial charge in [-0.25, -0.2) is 0 Å². The highest BCUT2D eigenvalue weighted by molar-refractivity contribution is 7.84. The summed E-state index contributed by atoms with van der Waals surface area (Å²) in [7, 11) is 0. The first-order valence-electron chi connectivity index (χ1n) is 25.6. The fourth-order valence-electron chi connectivity index (χ4n) is 11.0. The molecule has 394 valence electrons. The zero-order chi connectivity index (χ0) is 55.6. The summed E-state index contributed by atoms with van der Waals surface area (Å²) in [5, 5.41) is 0. The smallest absolute Gasteiger partial charge is 0.333 e. The molecular weight excluding hydrogens is 1150 g/mol. The average Bonchev–Trinajstić information content (AvgIpc) is 3.61. The van der Waals surface area contributed by atoms with Crippen LogP contribution in [0, 0.1) is 0 Å². The number of benzene rings is 6. The largest absolute Gasteiger partial charge is 0.459 e. The number of hydrogen-bond acceptors (Lipinski definition) is 15. The van der Waals surface area contributed by atoms with Crippen molar-refractivity contribution in [1.29, 1.82) is 0 Å². The van der Waals surface area contributed by atoms with E-state index < -0.39 is 34.7 Å². The van der Waals surface area contributed by atoms with E-state index in [1.54, 1.807) is 36.4 Å². The summed E-state index contributed by atoms with van der Waals surface area (Å²) >= 11 is 28.3. The molecule has 4 aliphatic carbocycles. The molecule has 0 unspecified atom stereocenters. The van der Waals surface area contributed by atoms with E-state index in [4.69, 9.17) is 67.8 Å². The van der Waals surface area contributed by atoms with E-state index in [9.17, 15) is 0 Å². The first-order valence-corrected chi connectivity index (χ1v) is 29.7. The predicted octanol–water partition coefficient (Wildman–Crippen LogP) is 14.5. The topological polar surface area (TPSA) is 105 Å².